The third kappa shape index (κ3) is 9.03. The molecule has 2 heterocycles. The summed E-state index contributed by atoms with van der Waals surface area (Å²) in [5.41, 5.74) is 9.41. The average molecular weight is 933 g/mol. The van der Waals surface area contributed by atoms with E-state index in [1.807, 2.05) is 109 Å². The van der Waals surface area contributed by atoms with Gasteiger partial charge < -0.3 is 0 Å². The van der Waals surface area contributed by atoms with Crippen LogP contribution in [0.1, 0.15) is 43.0 Å². The molecule has 57 heavy (non-hydrogen) atoms. The van der Waals surface area contributed by atoms with Crippen molar-refractivity contribution in [1.29, 1.82) is 0 Å². The molecule has 0 aliphatic carbocycles. The van der Waals surface area contributed by atoms with Crippen molar-refractivity contribution in [2.45, 2.75) is 6.42 Å². The van der Waals surface area contributed by atoms with Gasteiger partial charge in [-0.1, -0.05) is 46.3 Å². The van der Waals surface area contributed by atoms with E-state index in [-0.39, 0.29) is 11.6 Å². The zero-order chi connectivity index (χ0) is 39.0. The first-order valence-electron chi connectivity index (χ1n) is 18.6. The number of hydrogen-bond donors (Lipinski definition) is 0. The molecule has 2 aliphatic rings. The fourth-order valence-corrected chi connectivity index (χ4v) is 11.4. The van der Waals surface area contributed by atoms with Gasteiger partial charge in [0.05, 0.1) is 0 Å². The molecule has 0 saturated heterocycles. The molecule has 0 aromatic heterocycles. The molecule has 276 valence electrons. The summed E-state index contributed by atoms with van der Waals surface area (Å²) in [5, 5.41) is 0. The number of benzene rings is 8. The summed E-state index contributed by atoms with van der Waals surface area (Å²) in [5.74, 6) is 0.109. The maximum atomic E-state index is 12.7. The molecule has 0 fully saturated rings. The molecule has 10 rings (SSSR count). The molecule has 2 aliphatic heterocycles. The molecule has 6 heteroatoms. The topological polar surface area (TPSA) is 37.4 Å². The molecule has 0 unspecified atom stereocenters. The second-order valence-electron chi connectivity index (χ2n) is 13.3. The van der Waals surface area contributed by atoms with Crippen LogP contribution in [0, 0.1) is 0 Å². The minimum atomic E-state index is 0.0509. The Bertz CT molecular complexity index is 2510. The summed E-state index contributed by atoms with van der Waals surface area (Å²) in [6.45, 7) is 0. The molecule has 8 aromatic rings. The van der Waals surface area contributed by atoms with Crippen LogP contribution >= 0.6 is 15.9 Å². The van der Waals surface area contributed by atoms with Gasteiger partial charge in [0.25, 0.3) is 0 Å². The van der Waals surface area contributed by atoms with E-state index in [9.17, 15) is 9.59 Å². The molecule has 0 bridgehead atoms. The van der Waals surface area contributed by atoms with Crippen molar-refractivity contribution in [1.82, 2.24) is 0 Å². The van der Waals surface area contributed by atoms with Crippen LogP contribution in [0.4, 0.5) is 17.1 Å². The van der Waals surface area contributed by atoms with Crippen LogP contribution in [0.25, 0.3) is 0 Å². The number of hydrogen-bond acceptors (Lipinski definition) is 3. The summed E-state index contributed by atoms with van der Waals surface area (Å²) >= 11 is 4.16. The monoisotopic (exact) mass is 933 g/mol. The number of halogens is 1. The molecule has 0 spiro atoms. The number of rotatable bonds is 5. The first-order chi connectivity index (χ1) is 28.0. The SMILES string of the molecule is O=C(c1ccccc1)c1ccc(Br)cc1.O=C(c1ccccc1)c1ccc(N2c3ccccc3[Se]c3ccccc32)cc1.c1ccc2c(c1)Cc1ccccc1[Se]2. The Morgan fingerprint density at radius 2 is 0.737 bits per heavy atom. The van der Waals surface area contributed by atoms with E-state index < -0.39 is 0 Å². The number of fused-ring (bicyclic) bond motifs is 4. The Morgan fingerprint density at radius 3 is 1.21 bits per heavy atom. The van der Waals surface area contributed by atoms with Crippen molar-refractivity contribution >= 4 is 92.3 Å². The standard InChI is InChI=1S/C25H17NOSe.C13H9BrO.C13H10Se/c27-25(18-8-2-1-3-9-18)19-14-16-20(17-15-19)26-21-10-4-6-12-23(21)28-24-13-7-5-11-22(24)26;14-12-8-6-11(7-9-12)13(15)10-4-2-1-3-5-10;1-3-7-12-10(5-1)9-11-6-2-4-8-13(11)14-12/h1-17H;1-9H;1-8H,9H2. The van der Waals surface area contributed by atoms with Crippen LogP contribution in [0.15, 0.2) is 211 Å². The van der Waals surface area contributed by atoms with Gasteiger partial charge in [-0.2, -0.15) is 0 Å². The van der Waals surface area contributed by atoms with Gasteiger partial charge in [-0.05, 0) is 24.3 Å². The third-order valence-electron chi connectivity index (χ3n) is 9.54. The molecule has 8 aromatic carbocycles. The van der Waals surface area contributed by atoms with Gasteiger partial charge in [0.1, 0.15) is 0 Å². The maximum absolute atomic E-state index is 12.7. The van der Waals surface area contributed by atoms with Gasteiger partial charge in [0.15, 0.2) is 5.78 Å². The van der Waals surface area contributed by atoms with E-state index in [0.717, 1.165) is 22.1 Å². The van der Waals surface area contributed by atoms with Crippen molar-refractivity contribution in [2.75, 3.05) is 4.90 Å². The van der Waals surface area contributed by atoms with Gasteiger partial charge in [0, 0.05) is 15.6 Å². The molecule has 0 N–H and O–H groups in total. The van der Waals surface area contributed by atoms with E-state index in [2.05, 4.69) is 118 Å². The molecule has 3 nitrogen and oxygen atoms in total. The van der Waals surface area contributed by atoms with Gasteiger partial charge >= 0.3 is 261 Å². The predicted molar refractivity (Wildman–Crippen MR) is 241 cm³/mol. The second kappa shape index (κ2) is 18.1. The van der Waals surface area contributed by atoms with Crippen LogP contribution in [0.2, 0.25) is 0 Å². The van der Waals surface area contributed by atoms with Gasteiger partial charge in [-0.3, -0.25) is 4.79 Å². The van der Waals surface area contributed by atoms with Crippen LogP contribution < -0.4 is 22.7 Å². The van der Waals surface area contributed by atoms with E-state index in [0.29, 0.717) is 46.6 Å². The van der Waals surface area contributed by atoms with Crippen LogP contribution in [0.5, 0.6) is 0 Å². The van der Waals surface area contributed by atoms with E-state index >= 15 is 0 Å². The molecular weight excluding hydrogens is 896 g/mol. The number of nitrogens with zero attached hydrogens (tertiary/aromatic N) is 1. The van der Waals surface area contributed by atoms with Crippen molar-refractivity contribution in [3.05, 3.63) is 244 Å². The number of para-hydroxylation sites is 2. The van der Waals surface area contributed by atoms with Crippen molar-refractivity contribution in [3.63, 3.8) is 0 Å². The quantitative estimate of drug-likeness (QED) is 0.128. The number of carbonyl (C=O) groups excluding carboxylic acids is 2. The van der Waals surface area contributed by atoms with E-state index in [4.69, 9.17) is 0 Å². The van der Waals surface area contributed by atoms with E-state index in [1.54, 1.807) is 8.92 Å². The second-order valence-corrected chi connectivity index (χ2v) is 18.8. The fourth-order valence-electron chi connectivity index (χ4n) is 6.68. The van der Waals surface area contributed by atoms with Crippen LogP contribution in [-0.4, -0.2) is 41.5 Å². The summed E-state index contributed by atoms with van der Waals surface area (Å²) in [6, 6.07) is 68.8. The number of ketones is 2. The van der Waals surface area contributed by atoms with Crippen LogP contribution in [-0.2, 0) is 6.42 Å². The molecule has 0 atom stereocenters. The summed E-state index contributed by atoms with van der Waals surface area (Å²) in [7, 11) is 0. The Labute approximate surface area is 354 Å². The first-order valence-corrected chi connectivity index (χ1v) is 22.8. The minimum absolute atomic E-state index is 0.0509. The van der Waals surface area contributed by atoms with E-state index in [1.165, 1.54) is 31.4 Å². The Kier molecular flexibility index (Phi) is 12.2. The summed E-state index contributed by atoms with van der Waals surface area (Å²) < 4.78 is 6.83. The zero-order valence-electron chi connectivity index (χ0n) is 30.8. The molecule has 0 saturated carbocycles. The van der Waals surface area contributed by atoms with Crippen molar-refractivity contribution in [3.8, 4) is 0 Å². The molecule has 0 radical (unpaired) electrons. The molecule has 0 amide bonds. The van der Waals surface area contributed by atoms with Gasteiger partial charge in [-0.15, -0.1) is 0 Å². The Morgan fingerprint density at radius 1 is 0.386 bits per heavy atom. The number of carbonyl (C=O) groups is 2. The third-order valence-corrected chi connectivity index (χ3v) is 15.0. The van der Waals surface area contributed by atoms with Gasteiger partial charge in [0.2, 0.25) is 0 Å². The number of anilines is 3. The van der Waals surface area contributed by atoms with Crippen LogP contribution in [0.3, 0.4) is 0 Å². The average Bonchev–Trinajstić information content (AvgIpc) is 3.28. The normalized spacial score (nSPS) is 11.8. The summed E-state index contributed by atoms with van der Waals surface area (Å²) in [6.07, 6.45) is 1.12. The Hall–Kier alpha value is -5.58. The zero-order valence-corrected chi connectivity index (χ0v) is 35.8. The Balaban J connectivity index is 0.000000132. The fraction of sp³-hybridized carbons (Fsp3) is 0.0196. The predicted octanol–water partition coefficient (Wildman–Crippen LogP) is 9.28. The van der Waals surface area contributed by atoms with Gasteiger partial charge in [-0.25, -0.2) is 0 Å². The van der Waals surface area contributed by atoms with Crippen molar-refractivity contribution < 1.29 is 9.59 Å². The first kappa shape index (κ1) is 38.3. The van der Waals surface area contributed by atoms with Crippen molar-refractivity contribution in [2.24, 2.45) is 0 Å². The molecular formula is C51H36BrNO2Se2. The summed E-state index contributed by atoms with van der Waals surface area (Å²) in [4.78, 5) is 27.0.